The summed E-state index contributed by atoms with van der Waals surface area (Å²) in [5, 5.41) is 0. The lowest BCUT2D eigenvalue weighted by atomic mass is 9.82. The summed E-state index contributed by atoms with van der Waals surface area (Å²) in [5.41, 5.74) is 13.7. The molecule has 0 aromatic heterocycles. The number of guanidine groups is 1. The second-order valence-corrected chi connectivity index (χ2v) is 6.46. The van der Waals surface area contributed by atoms with E-state index in [1.807, 2.05) is 18.2 Å². The molecule has 3 rings (SSSR count). The quantitative estimate of drug-likeness (QED) is 0.334. The highest BCUT2D eigenvalue weighted by molar-refractivity contribution is 5.94. The lowest BCUT2D eigenvalue weighted by Crippen LogP contribution is -2.24. The molecule has 1 unspecified atom stereocenters. The molecule has 0 heterocycles. The number of fused-ring (bicyclic) bond motifs is 1. The van der Waals surface area contributed by atoms with Crippen LogP contribution in [0.5, 0.6) is 5.75 Å². The fourth-order valence-electron chi connectivity index (χ4n) is 3.43. The van der Waals surface area contributed by atoms with E-state index in [4.69, 9.17) is 20.9 Å². The molecule has 0 radical (unpaired) electrons. The molecular weight excluding hydrogens is 394 g/mol. The van der Waals surface area contributed by atoms with E-state index in [0.717, 1.165) is 24.0 Å². The van der Waals surface area contributed by atoms with E-state index in [2.05, 4.69) is 4.99 Å². The van der Waals surface area contributed by atoms with E-state index in [1.165, 1.54) is 0 Å². The summed E-state index contributed by atoms with van der Waals surface area (Å²) in [6, 6.07) is 12.1. The molecule has 0 spiro atoms. The number of benzene rings is 2. The lowest BCUT2D eigenvalue weighted by molar-refractivity contribution is -0.136. The topological polar surface area (TPSA) is 117 Å². The van der Waals surface area contributed by atoms with Crippen molar-refractivity contribution in [3.63, 3.8) is 0 Å². The first kappa shape index (κ1) is 22.2. The molecule has 8 heteroatoms. The summed E-state index contributed by atoms with van der Waals surface area (Å²) in [7, 11) is 0. The summed E-state index contributed by atoms with van der Waals surface area (Å²) in [5.74, 6) is -1.22. The Balaban J connectivity index is 0.00000300. The molecule has 0 bridgehead atoms. The molecule has 1 atom stereocenters. The predicted octanol–water partition coefficient (Wildman–Crippen LogP) is 3.22. The maximum Gasteiger partial charge on any atom is 0.341 e. The van der Waals surface area contributed by atoms with Crippen molar-refractivity contribution in [3.05, 3.63) is 59.2 Å². The van der Waals surface area contributed by atoms with Crippen molar-refractivity contribution in [2.75, 3.05) is 6.61 Å². The third-order valence-corrected chi connectivity index (χ3v) is 4.61. The first-order valence-corrected chi connectivity index (χ1v) is 9.20. The number of carbonyl (C=O) groups is 2. The number of rotatable bonds is 5. The van der Waals surface area contributed by atoms with Gasteiger partial charge in [-0.2, -0.15) is 0 Å². The van der Waals surface area contributed by atoms with E-state index < -0.39 is 17.9 Å². The van der Waals surface area contributed by atoms with Crippen LogP contribution >= 0.6 is 12.4 Å². The minimum absolute atomic E-state index is 0. The van der Waals surface area contributed by atoms with E-state index in [0.29, 0.717) is 12.1 Å². The number of esters is 2. The van der Waals surface area contributed by atoms with E-state index in [9.17, 15) is 9.59 Å². The molecule has 0 aliphatic heterocycles. The van der Waals surface area contributed by atoms with Gasteiger partial charge in [-0.3, -0.25) is 4.79 Å². The van der Waals surface area contributed by atoms with Gasteiger partial charge < -0.3 is 20.9 Å². The first-order valence-electron chi connectivity index (χ1n) is 9.20. The fourth-order valence-corrected chi connectivity index (χ4v) is 3.43. The van der Waals surface area contributed by atoms with Gasteiger partial charge in [0.15, 0.2) is 5.96 Å². The Morgan fingerprint density at radius 2 is 1.90 bits per heavy atom. The van der Waals surface area contributed by atoms with Crippen molar-refractivity contribution in [3.8, 4) is 5.75 Å². The predicted molar refractivity (Wildman–Crippen MR) is 113 cm³/mol. The minimum atomic E-state index is -0.523. The average molecular weight is 418 g/mol. The van der Waals surface area contributed by atoms with Gasteiger partial charge in [0.2, 0.25) is 0 Å². The monoisotopic (exact) mass is 417 g/mol. The van der Waals surface area contributed by atoms with Crippen LogP contribution in [0.1, 0.15) is 47.2 Å². The van der Waals surface area contributed by atoms with Crippen molar-refractivity contribution in [1.82, 2.24) is 0 Å². The van der Waals surface area contributed by atoms with Gasteiger partial charge in [0, 0.05) is 0 Å². The van der Waals surface area contributed by atoms with Crippen LogP contribution in [0.3, 0.4) is 0 Å². The lowest BCUT2D eigenvalue weighted by Gasteiger charge is -2.25. The third-order valence-electron chi connectivity index (χ3n) is 4.61. The number of hydrogen-bond donors (Lipinski definition) is 2. The molecule has 0 fully saturated rings. The fraction of sp³-hybridized carbons (Fsp3) is 0.286. The largest absolute Gasteiger partial charge is 0.462 e. The Morgan fingerprint density at radius 3 is 2.62 bits per heavy atom. The number of ether oxygens (including phenoxy) is 2. The normalized spacial score (nSPS) is 14.7. The molecule has 154 valence electrons. The molecule has 0 saturated carbocycles. The van der Waals surface area contributed by atoms with Crippen LogP contribution in [0.4, 0.5) is 5.69 Å². The second-order valence-electron chi connectivity index (χ2n) is 6.46. The van der Waals surface area contributed by atoms with Crippen LogP contribution < -0.4 is 16.2 Å². The van der Waals surface area contributed by atoms with Crippen molar-refractivity contribution in [2.45, 2.75) is 32.1 Å². The molecular formula is C21H24ClN3O4. The van der Waals surface area contributed by atoms with Gasteiger partial charge >= 0.3 is 11.9 Å². The highest BCUT2D eigenvalue weighted by atomic mass is 35.5. The van der Waals surface area contributed by atoms with Crippen LogP contribution in [0, 0.1) is 0 Å². The molecule has 1 aliphatic rings. The van der Waals surface area contributed by atoms with Crippen molar-refractivity contribution < 1.29 is 19.1 Å². The smallest absolute Gasteiger partial charge is 0.341 e. The Labute approximate surface area is 175 Å². The maximum atomic E-state index is 12.9. The van der Waals surface area contributed by atoms with Crippen LogP contribution in [-0.4, -0.2) is 24.5 Å². The molecule has 0 saturated heterocycles. The number of nitrogens with two attached hydrogens (primary N) is 2. The summed E-state index contributed by atoms with van der Waals surface area (Å²) in [6.07, 6.45) is 2.24. The average Bonchev–Trinajstić information content (AvgIpc) is 2.68. The zero-order chi connectivity index (χ0) is 20.1. The van der Waals surface area contributed by atoms with Gasteiger partial charge in [0.05, 0.1) is 18.2 Å². The molecule has 0 amide bonds. The van der Waals surface area contributed by atoms with Crippen LogP contribution in [0.2, 0.25) is 0 Å². The Morgan fingerprint density at radius 1 is 1.14 bits per heavy atom. The minimum Gasteiger partial charge on any atom is -0.462 e. The first-order chi connectivity index (χ1) is 13.5. The SMILES string of the molecule is CCOC(=O)c1ccccc1OC(=O)C1CCCc2c(N=C(N)N)cccc21.Cl. The molecule has 1 aliphatic carbocycles. The number of halogens is 1. The number of para-hydroxylation sites is 1. The van der Waals surface area contributed by atoms with Crippen molar-refractivity contribution >= 4 is 36.0 Å². The third kappa shape index (κ3) is 5.06. The highest BCUT2D eigenvalue weighted by Crippen LogP contribution is 2.38. The maximum absolute atomic E-state index is 12.9. The van der Waals surface area contributed by atoms with Gasteiger partial charge in [0.1, 0.15) is 11.3 Å². The van der Waals surface area contributed by atoms with Gasteiger partial charge in [0.25, 0.3) is 0 Å². The second kappa shape index (κ2) is 9.93. The standard InChI is InChI=1S/C21H23N3O4.ClH/c1-2-27-19(25)16-7-3-4-12-18(16)28-20(26)15-10-5-9-14-13(15)8-6-11-17(14)24-21(22)23;/h3-4,6-8,11-12,15H,2,5,9-10H2,1H3,(H4,22,23,24);1H. The summed E-state index contributed by atoms with van der Waals surface area (Å²) < 4.78 is 10.6. The Bertz CT molecular complexity index is 926. The highest BCUT2D eigenvalue weighted by Gasteiger charge is 2.30. The molecule has 7 nitrogen and oxygen atoms in total. The summed E-state index contributed by atoms with van der Waals surface area (Å²) in [6.45, 7) is 1.96. The van der Waals surface area contributed by atoms with E-state index in [1.54, 1.807) is 31.2 Å². The van der Waals surface area contributed by atoms with Crippen molar-refractivity contribution in [1.29, 1.82) is 0 Å². The van der Waals surface area contributed by atoms with Gasteiger partial charge in [-0.15, -0.1) is 12.4 Å². The van der Waals surface area contributed by atoms with E-state index in [-0.39, 0.29) is 36.3 Å². The van der Waals surface area contributed by atoms with Crippen LogP contribution in [0.25, 0.3) is 0 Å². The summed E-state index contributed by atoms with van der Waals surface area (Å²) in [4.78, 5) is 29.2. The molecule has 2 aromatic rings. The van der Waals surface area contributed by atoms with Crippen molar-refractivity contribution in [2.24, 2.45) is 16.5 Å². The number of carbonyl (C=O) groups excluding carboxylic acids is 2. The number of hydrogen-bond acceptors (Lipinski definition) is 5. The Hall–Kier alpha value is -3.06. The zero-order valence-corrected chi connectivity index (χ0v) is 16.9. The number of nitrogens with zero attached hydrogens (tertiary/aromatic N) is 1. The van der Waals surface area contributed by atoms with Gasteiger partial charge in [-0.25, -0.2) is 9.79 Å². The van der Waals surface area contributed by atoms with Gasteiger partial charge in [-0.1, -0.05) is 24.3 Å². The van der Waals surface area contributed by atoms with Gasteiger partial charge in [-0.05, 0) is 55.5 Å². The molecule has 29 heavy (non-hydrogen) atoms. The summed E-state index contributed by atoms with van der Waals surface area (Å²) >= 11 is 0. The Kier molecular flexibility index (Phi) is 7.61. The molecule has 2 aromatic carbocycles. The van der Waals surface area contributed by atoms with Crippen LogP contribution in [0.15, 0.2) is 47.5 Å². The van der Waals surface area contributed by atoms with E-state index >= 15 is 0 Å². The van der Waals surface area contributed by atoms with Crippen LogP contribution in [-0.2, 0) is 16.0 Å². The number of aliphatic imine (C=N–C) groups is 1. The molecule has 4 N–H and O–H groups in total. The zero-order valence-electron chi connectivity index (χ0n) is 16.1.